The second-order valence-electron chi connectivity index (χ2n) is 5.34. The summed E-state index contributed by atoms with van der Waals surface area (Å²) in [6.45, 7) is 4.03. The zero-order valence-corrected chi connectivity index (χ0v) is 14.2. The summed E-state index contributed by atoms with van der Waals surface area (Å²) in [5.74, 6) is 1.46. The minimum absolute atomic E-state index is 0. The molecule has 0 spiro atoms. The molecule has 6 heteroatoms. The van der Waals surface area contributed by atoms with Crippen LogP contribution in [0, 0.1) is 6.92 Å². The van der Waals surface area contributed by atoms with E-state index in [0.29, 0.717) is 5.95 Å². The molecule has 0 aliphatic rings. The molecule has 0 radical (unpaired) electrons. The lowest BCUT2D eigenvalue weighted by molar-refractivity contribution is 0.405. The van der Waals surface area contributed by atoms with Gasteiger partial charge in [-0.2, -0.15) is 4.98 Å². The number of benzene rings is 1. The van der Waals surface area contributed by atoms with E-state index in [1.54, 1.807) is 6.20 Å². The van der Waals surface area contributed by atoms with Crippen molar-refractivity contribution in [1.82, 2.24) is 14.9 Å². The van der Waals surface area contributed by atoms with Crippen LogP contribution in [-0.4, -0.2) is 42.1 Å². The van der Waals surface area contributed by atoms with Gasteiger partial charge in [-0.15, -0.1) is 12.4 Å². The van der Waals surface area contributed by atoms with E-state index in [4.69, 9.17) is 0 Å². The van der Waals surface area contributed by atoms with Crippen LogP contribution in [-0.2, 0) is 0 Å². The number of hydrogen-bond acceptors (Lipinski definition) is 5. The molecule has 0 bridgehead atoms. The highest BCUT2D eigenvalue weighted by atomic mass is 35.5. The molecule has 0 atom stereocenters. The van der Waals surface area contributed by atoms with E-state index in [9.17, 15) is 0 Å². The van der Waals surface area contributed by atoms with Crippen molar-refractivity contribution in [1.29, 1.82) is 0 Å². The number of nitrogens with one attached hydrogen (secondary N) is 2. The molecule has 2 rings (SSSR count). The average Bonchev–Trinajstić information content (AvgIpc) is 2.44. The lowest BCUT2D eigenvalue weighted by Gasteiger charge is -2.11. The van der Waals surface area contributed by atoms with E-state index in [0.717, 1.165) is 31.0 Å². The molecule has 0 aliphatic carbocycles. The maximum Gasteiger partial charge on any atom is 0.229 e. The highest BCUT2D eigenvalue weighted by Gasteiger charge is 2.00. The molecule has 22 heavy (non-hydrogen) atoms. The zero-order chi connectivity index (χ0) is 15.1. The Morgan fingerprint density at radius 1 is 1.18 bits per heavy atom. The SMILES string of the molecule is Cc1cccc(Nc2nccc(NCCCN(C)C)n2)c1.Cl. The highest BCUT2D eigenvalue weighted by molar-refractivity contribution is 5.85. The third-order valence-corrected chi connectivity index (χ3v) is 3.02. The van der Waals surface area contributed by atoms with E-state index in [2.05, 4.69) is 58.7 Å². The van der Waals surface area contributed by atoms with Gasteiger partial charge in [0.25, 0.3) is 0 Å². The standard InChI is InChI=1S/C16H23N5.ClH/c1-13-6-4-7-14(12-13)19-16-18-10-8-15(20-16)17-9-5-11-21(2)3;/h4,6-8,10,12H,5,9,11H2,1-3H3,(H2,17,18,19,20);1H. The Balaban J connectivity index is 0.00000242. The molecule has 1 heterocycles. The normalized spacial score (nSPS) is 10.2. The molecular formula is C16H24ClN5. The molecule has 2 N–H and O–H groups in total. The van der Waals surface area contributed by atoms with E-state index in [1.807, 2.05) is 18.2 Å². The monoisotopic (exact) mass is 321 g/mol. The van der Waals surface area contributed by atoms with E-state index < -0.39 is 0 Å². The Kier molecular flexibility index (Phi) is 7.63. The van der Waals surface area contributed by atoms with Crippen molar-refractivity contribution < 1.29 is 0 Å². The Bertz CT molecular complexity index is 574. The molecular weight excluding hydrogens is 298 g/mol. The molecule has 0 fully saturated rings. The Hall–Kier alpha value is -1.85. The fourth-order valence-electron chi connectivity index (χ4n) is 1.98. The van der Waals surface area contributed by atoms with Crippen LogP contribution in [0.4, 0.5) is 17.5 Å². The summed E-state index contributed by atoms with van der Waals surface area (Å²) in [5, 5.41) is 6.54. The van der Waals surface area contributed by atoms with E-state index in [-0.39, 0.29) is 12.4 Å². The minimum Gasteiger partial charge on any atom is -0.370 e. The summed E-state index contributed by atoms with van der Waals surface area (Å²) in [7, 11) is 4.16. The predicted molar refractivity (Wildman–Crippen MR) is 95.4 cm³/mol. The van der Waals surface area contributed by atoms with Gasteiger partial charge < -0.3 is 15.5 Å². The molecule has 120 valence electrons. The summed E-state index contributed by atoms with van der Waals surface area (Å²) >= 11 is 0. The van der Waals surface area contributed by atoms with Crippen LogP contribution in [0.3, 0.4) is 0 Å². The summed E-state index contributed by atoms with van der Waals surface area (Å²) in [6, 6.07) is 10.0. The van der Waals surface area contributed by atoms with Crippen LogP contribution in [0.15, 0.2) is 36.5 Å². The van der Waals surface area contributed by atoms with Gasteiger partial charge in [-0.25, -0.2) is 4.98 Å². The van der Waals surface area contributed by atoms with Crippen LogP contribution < -0.4 is 10.6 Å². The van der Waals surface area contributed by atoms with Gasteiger partial charge in [0, 0.05) is 18.4 Å². The smallest absolute Gasteiger partial charge is 0.229 e. The van der Waals surface area contributed by atoms with Crippen LogP contribution in [0.1, 0.15) is 12.0 Å². The lowest BCUT2D eigenvalue weighted by Crippen LogP contribution is -2.16. The Morgan fingerprint density at radius 2 is 2.00 bits per heavy atom. The van der Waals surface area contributed by atoms with Crippen LogP contribution in [0.2, 0.25) is 0 Å². The van der Waals surface area contributed by atoms with Gasteiger partial charge in [-0.05, 0) is 57.7 Å². The molecule has 0 aliphatic heterocycles. The topological polar surface area (TPSA) is 53.1 Å². The first-order valence-electron chi connectivity index (χ1n) is 7.19. The van der Waals surface area contributed by atoms with Crippen molar-refractivity contribution in [3.05, 3.63) is 42.1 Å². The fraction of sp³-hybridized carbons (Fsp3) is 0.375. The Labute approximate surface area is 138 Å². The second-order valence-corrected chi connectivity index (χ2v) is 5.34. The maximum atomic E-state index is 4.47. The lowest BCUT2D eigenvalue weighted by atomic mass is 10.2. The summed E-state index contributed by atoms with van der Waals surface area (Å²) in [5.41, 5.74) is 2.21. The van der Waals surface area contributed by atoms with E-state index >= 15 is 0 Å². The van der Waals surface area contributed by atoms with Crippen molar-refractivity contribution in [3.63, 3.8) is 0 Å². The van der Waals surface area contributed by atoms with Crippen LogP contribution >= 0.6 is 12.4 Å². The number of rotatable bonds is 7. The van der Waals surface area contributed by atoms with Crippen LogP contribution in [0.25, 0.3) is 0 Å². The van der Waals surface area contributed by atoms with E-state index in [1.165, 1.54) is 5.56 Å². The quantitative estimate of drug-likeness (QED) is 0.766. The molecule has 0 saturated heterocycles. The van der Waals surface area contributed by atoms with Gasteiger partial charge in [-0.1, -0.05) is 12.1 Å². The number of anilines is 3. The molecule has 0 unspecified atom stereocenters. The maximum absolute atomic E-state index is 4.47. The van der Waals surface area contributed by atoms with Crippen LogP contribution in [0.5, 0.6) is 0 Å². The van der Waals surface area contributed by atoms with Gasteiger partial charge in [0.05, 0.1) is 0 Å². The number of hydrogen-bond donors (Lipinski definition) is 2. The van der Waals surface area contributed by atoms with Crippen molar-refractivity contribution in [2.75, 3.05) is 37.8 Å². The zero-order valence-electron chi connectivity index (χ0n) is 13.3. The minimum atomic E-state index is 0. The molecule has 2 aromatic rings. The first-order chi connectivity index (χ1) is 10.1. The number of aryl methyl sites for hydroxylation is 1. The van der Waals surface area contributed by atoms with Crippen molar-refractivity contribution in [2.24, 2.45) is 0 Å². The average molecular weight is 322 g/mol. The van der Waals surface area contributed by atoms with Gasteiger partial charge in [-0.3, -0.25) is 0 Å². The summed E-state index contributed by atoms with van der Waals surface area (Å²) in [6.07, 6.45) is 2.84. The molecule has 0 amide bonds. The third kappa shape index (κ3) is 6.28. The summed E-state index contributed by atoms with van der Waals surface area (Å²) in [4.78, 5) is 10.9. The molecule has 5 nitrogen and oxygen atoms in total. The predicted octanol–water partition coefficient (Wildman–Crippen LogP) is 3.31. The van der Waals surface area contributed by atoms with Gasteiger partial charge in [0.2, 0.25) is 5.95 Å². The summed E-state index contributed by atoms with van der Waals surface area (Å²) < 4.78 is 0. The first-order valence-corrected chi connectivity index (χ1v) is 7.19. The molecule has 1 aromatic carbocycles. The van der Waals surface area contributed by atoms with Gasteiger partial charge in [0.15, 0.2) is 0 Å². The third-order valence-electron chi connectivity index (χ3n) is 3.02. The van der Waals surface area contributed by atoms with Crippen molar-refractivity contribution in [2.45, 2.75) is 13.3 Å². The first kappa shape index (κ1) is 18.2. The second kappa shape index (κ2) is 9.23. The number of halogens is 1. The van der Waals surface area contributed by atoms with Gasteiger partial charge in [0.1, 0.15) is 5.82 Å². The molecule has 1 aromatic heterocycles. The van der Waals surface area contributed by atoms with Crippen molar-refractivity contribution in [3.8, 4) is 0 Å². The number of aromatic nitrogens is 2. The fourth-order valence-corrected chi connectivity index (χ4v) is 1.98. The molecule has 0 saturated carbocycles. The highest BCUT2D eigenvalue weighted by Crippen LogP contribution is 2.15. The van der Waals surface area contributed by atoms with Crippen molar-refractivity contribution >= 4 is 29.9 Å². The number of nitrogens with zero attached hydrogens (tertiary/aromatic N) is 3. The van der Waals surface area contributed by atoms with Gasteiger partial charge >= 0.3 is 0 Å². The largest absolute Gasteiger partial charge is 0.370 e. The Morgan fingerprint density at radius 3 is 2.73 bits per heavy atom.